The Kier molecular flexibility index (Phi) is 5.00. The Morgan fingerprint density at radius 1 is 1.33 bits per heavy atom. The van der Waals surface area contributed by atoms with Crippen molar-refractivity contribution in [3.05, 3.63) is 46.2 Å². The molecule has 0 saturated carbocycles. The Labute approximate surface area is 128 Å². The number of hydrogen-bond donors (Lipinski definition) is 2. The maximum absolute atomic E-state index is 12.3. The van der Waals surface area contributed by atoms with Crippen LogP contribution in [-0.2, 0) is 16.6 Å². The van der Waals surface area contributed by atoms with Gasteiger partial charge in [-0.15, -0.1) is 11.3 Å². The number of rotatable bonds is 6. The van der Waals surface area contributed by atoms with Gasteiger partial charge in [0.05, 0.1) is 12.0 Å². The Morgan fingerprint density at radius 2 is 2.00 bits per heavy atom. The molecule has 5 nitrogen and oxygen atoms in total. The standard InChI is InChI=1S/C14H18N2O3S2/c1-10(11-3-5-12(19-2)6-4-11)16-21(17,18)14-7-13(8-15)20-9-14/h3-7,9-10,16H,8,15H2,1-2H3. The summed E-state index contributed by atoms with van der Waals surface area (Å²) in [5, 5.41) is 1.60. The largest absolute Gasteiger partial charge is 0.497 e. The molecular formula is C14H18N2O3S2. The van der Waals surface area contributed by atoms with E-state index >= 15 is 0 Å². The second kappa shape index (κ2) is 6.57. The van der Waals surface area contributed by atoms with Gasteiger partial charge < -0.3 is 10.5 Å². The molecule has 2 rings (SSSR count). The third kappa shape index (κ3) is 3.82. The minimum atomic E-state index is -3.54. The topological polar surface area (TPSA) is 81.4 Å². The number of benzene rings is 1. The molecule has 7 heteroatoms. The summed E-state index contributed by atoms with van der Waals surface area (Å²) < 4.78 is 32.3. The first-order valence-electron chi connectivity index (χ1n) is 6.40. The van der Waals surface area contributed by atoms with Crippen LogP contribution < -0.4 is 15.2 Å². The molecule has 1 aromatic heterocycles. The molecule has 0 bridgehead atoms. The molecule has 0 saturated heterocycles. The molecule has 0 spiro atoms. The van der Waals surface area contributed by atoms with E-state index in [0.717, 1.165) is 16.2 Å². The van der Waals surface area contributed by atoms with Crippen LogP contribution in [0, 0.1) is 0 Å². The number of ether oxygens (including phenoxy) is 1. The molecule has 0 aliphatic rings. The van der Waals surface area contributed by atoms with Crippen molar-refractivity contribution in [1.82, 2.24) is 4.72 Å². The number of hydrogen-bond acceptors (Lipinski definition) is 5. The summed E-state index contributed by atoms with van der Waals surface area (Å²) in [5.41, 5.74) is 6.38. The zero-order valence-electron chi connectivity index (χ0n) is 11.9. The van der Waals surface area contributed by atoms with Gasteiger partial charge in [0.25, 0.3) is 0 Å². The van der Waals surface area contributed by atoms with Gasteiger partial charge in [-0.3, -0.25) is 0 Å². The van der Waals surface area contributed by atoms with Crippen LogP contribution in [0.25, 0.3) is 0 Å². The van der Waals surface area contributed by atoms with E-state index in [1.165, 1.54) is 11.3 Å². The summed E-state index contributed by atoms with van der Waals surface area (Å²) in [6.45, 7) is 2.14. The monoisotopic (exact) mass is 326 g/mol. The number of nitrogens with two attached hydrogens (primary N) is 1. The second-order valence-corrected chi connectivity index (χ2v) is 7.28. The van der Waals surface area contributed by atoms with Crippen molar-refractivity contribution < 1.29 is 13.2 Å². The van der Waals surface area contributed by atoms with Crippen molar-refractivity contribution >= 4 is 21.4 Å². The molecule has 0 aliphatic heterocycles. The highest BCUT2D eigenvalue weighted by Gasteiger charge is 2.19. The van der Waals surface area contributed by atoms with Crippen LogP contribution in [0.4, 0.5) is 0 Å². The minimum absolute atomic E-state index is 0.258. The van der Waals surface area contributed by atoms with Crippen LogP contribution in [0.2, 0.25) is 0 Å². The maximum Gasteiger partial charge on any atom is 0.241 e. The number of thiophene rings is 1. The van der Waals surface area contributed by atoms with Crippen LogP contribution in [0.1, 0.15) is 23.4 Å². The van der Waals surface area contributed by atoms with E-state index in [2.05, 4.69) is 4.72 Å². The van der Waals surface area contributed by atoms with Crippen LogP contribution in [0.3, 0.4) is 0 Å². The van der Waals surface area contributed by atoms with Gasteiger partial charge in [0.2, 0.25) is 10.0 Å². The first-order chi connectivity index (χ1) is 9.96. The van der Waals surface area contributed by atoms with E-state index in [0.29, 0.717) is 6.54 Å². The lowest BCUT2D eigenvalue weighted by Crippen LogP contribution is -2.26. The summed E-state index contributed by atoms with van der Waals surface area (Å²) >= 11 is 1.34. The highest BCUT2D eigenvalue weighted by atomic mass is 32.2. The van der Waals surface area contributed by atoms with E-state index in [1.807, 2.05) is 12.1 Å². The molecule has 114 valence electrons. The lowest BCUT2D eigenvalue weighted by molar-refractivity contribution is 0.414. The van der Waals surface area contributed by atoms with E-state index in [1.54, 1.807) is 37.6 Å². The van der Waals surface area contributed by atoms with Crippen molar-refractivity contribution in [2.24, 2.45) is 5.73 Å². The Balaban J connectivity index is 2.14. The predicted octanol–water partition coefficient (Wildman–Crippen LogP) is 2.25. The van der Waals surface area contributed by atoms with Gasteiger partial charge in [0.1, 0.15) is 5.75 Å². The molecular weight excluding hydrogens is 308 g/mol. The van der Waals surface area contributed by atoms with Crippen LogP contribution in [-0.4, -0.2) is 15.5 Å². The lowest BCUT2D eigenvalue weighted by atomic mass is 10.1. The van der Waals surface area contributed by atoms with Crippen molar-refractivity contribution in [1.29, 1.82) is 0 Å². The molecule has 0 fully saturated rings. The molecule has 3 N–H and O–H groups in total. The quantitative estimate of drug-likeness (QED) is 0.853. The SMILES string of the molecule is COc1ccc(C(C)NS(=O)(=O)c2csc(CN)c2)cc1. The summed E-state index contributed by atoms with van der Waals surface area (Å²) in [6, 6.07) is 8.56. The second-order valence-electron chi connectivity index (χ2n) is 4.57. The van der Waals surface area contributed by atoms with Crippen molar-refractivity contribution in [3.63, 3.8) is 0 Å². The fourth-order valence-electron chi connectivity index (χ4n) is 1.87. The van der Waals surface area contributed by atoms with Gasteiger partial charge in [-0.1, -0.05) is 12.1 Å². The zero-order valence-corrected chi connectivity index (χ0v) is 13.5. The van der Waals surface area contributed by atoms with Gasteiger partial charge in [-0.25, -0.2) is 13.1 Å². The van der Waals surface area contributed by atoms with Crippen LogP contribution in [0.15, 0.2) is 40.6 Å². The van der Waals surface area contributed by atoms with Crippen LogP contribution >= 0.6 is 11.3 Å². The highest BCUT2D eigenvalue weighted by molar-refractivity contribution is 7.89. The fourth-order valence-corrected chi connectivity index (χ4v) is 4.26. The van der Waals surface area contributed by atoms with Gasteiger partial charge in [0.15, 0.2) is 0 Å². The van der Waals surface area contributed by atoms with Crippen molar-refractivity contribution in [2.75, 3.05) is 7.11 Å². The Hall–Kier alpha value is -1.41. The predicted molar refractivity (Wildman–Crippen MR) is 83.9 cm³/mol. The molecule has 1 atom stereocenters. The minimum Gasteiger partial charge on any atom is -0.497 e. The summed E-state index contributed by atoms with van der Waals surface area (Å²) in [4.78, 5) is 1.10. The number of nitrogens with one attached hydrogen (secondary N) is 1. The van der Waals surface area contributed by atoms with Crippen molar-refractivity contribution in [2.45, 2.75) is 24.4 Å². The molecule has 1 heterocycles. The molecule has 0 amide bonds. The van der Waals surface area contributed by atoms with Gasteiger partial charge in [0, 0.05) is 22.8 Å². The molecule has 1 unspecified atom stereocenters. The average Bonchev–Trinajstić information content (AvgIpc) is 2.96. The smallest absolute Gasteiger partial charge is 0.241 e. The van der Waals surface area contributed by atoms with Gasteiger partial charge in [-0.05, 0) is 30.7 Å². The summed E-state index contributed by atoms with van der Waals surface area (Å²) in [5.74, 6) is 0.735. The van der Waals surface area contributed by atoms with Crippen molar-refractivity contribution in [3.8, 4) is 5.75 Å². The normalized spacial score (nSPS) is 13.1. The first-order valence-corrected chi connectivity index (χ1v) is 8.76. The van der Waals surface area contributed by atoms with Gasteiger partial charge in [-0.2, -0.15) is 0 Å². The van der Waals surface area contributed by atoms with E-state index < -0.39 is 10.0 Å². The van der Waals surface area contributed by atoms with E-state index in [-0.39, 0.29) is 10.9 Å². The Bertz CT molecular complexity index is 693. The third-order valence-electron chi connectivity index (χ3n) is 3.09. The molecule has 2 aromatic rings. The molecule has 0 aliphatic carbocycles. The molecule has 21 heavy (non-hydrogen) atoms. The van der Waals surface area contributed by atoms with E-state index in [4.69, 9.17) is 10.5 Å². The fraction of sp³-hybridized carbons (Fsp3) is 0.286. The van der Waals surface area contributed by atoms with Crippen LogP contribution in [0.5, 0.6) is 5.75 Å². The third-order valence-corrected chi connectivity index (χ3v) is 5.72. The first kappa shape index (κ1) is 16.0. The summed E-state index contributed by atoms with van der Waals surface area (Å²) in [7, 11) is -1.95. The maximum atomic E-state index is 12.3. The molecule has 1 aromatic carbocycles. The number of sulfonamides is 1. The molecule has 0 radical (unpaired) electrons. The Morgan fingerprint density at radius 3 is 2.52 bits per heavy atom. The lowest BCUT2D eigenvalue weighted by Gasteiger charge is -2.14. The number of methoxy groups -OCH3 is 1. The average molecular weight is 326 g/mol. The highest BCUT2D eigenvalue weighted by Crippen LogP contribution is 2.22. The zero-order chi connectivity index (χ0) is 15.5. The summed E-state index contributed by atoms with van der Waals surface area (Å²) in [6.07, 6.45) is 0. The van der Waals surface area contributed by atoms with Gasteiger partial charge >= 0.3 is 0 Å². The van der Waals surface area contributed by atoms with E-state index in [9.17, 15) is 8.42 Å².